The number of fused-ring (bicyclic) bond motifs is 3. The maximum atomic E-state index is 12.9. The summed E-state index contributed by atoms with van der Waals surface area (Å²) in [5.74, 6) is 1.01. The van der Waals surface area contributed by atoms with E-state index < -0.39 is 29.1 Å². The highest BCUT2D eigenvalue weighted by molar-refractivity contribution is 5.85. The Morgan fingerprint density at radius 1 is 0.540 bits per heavy atom. The first-order valence-corrected chi connectivity index (χ1v) is 21.1. The molecular weight excluding hydrogens is 797 g/mol. The molecule has 1 amide bonds. The molecule has 12 nitrogen and oxygen atoms in total. The Hall–Kier alpha value is -7.31. The number of benzene rings is 6. The van der Waals surface area contributed by atoms with Crippen molar-refractivity contribution in [3.8, 4) is 34.1 Å². The van der Waals surface area contributed by atoms with Crippen molar-refractivity contribution >= 4 is 29.4 Å². The topological polar surface area (TPSA) is 164 Å². The van der Waals surface area contributed by atoms with Crippen LogP contribution in [0.1, 0.15) is 42.7 Å². The predicted octanol–water partition coefficient (Wildman–Crippen LogP) is 9.30. The van der Waals surface area contributed by atoms with E-state index in [0.29, 0.717) is 39.0 Å². The molecule has 2 fully saturated rings. The van der Waals surface area contributed by atoms with Crippen molar-refractivity contribution in [2.45, 2.75) is 42.7 Å². The van der Waals surface area contributed by atoms with Gasteiger partial charge < -0.3 is 45.3 Å². The SMILES string of the molecule is NC1(C(=O)O)CCN(c2ccc(Oc3ccccc3)cc2)CC1.O=C(NC1(C(=O)O)CCN(c2ccc(Oc3ccccc3)cc2)CC1)OCC1c2ccccc2-c2ccccc21. The van der Waals surface area contributed by atoms with Crippen LogP contribution >= 0.6 is 0 Å². The second-order valence-corrected chi connectivity index (χ2v) is 16.1. The molecule has 0 aromatic heterocycles. The molecule has 2 saturated heterocycles. The maximum absolute atomic E-state index is 12.9. The van der Waals surface area contributed by atoms with E-state index in [-0.39, 0.29) is 25.4 Å². The van der Waals surface area contributed by atoms with Crippen molar-refractivity contribution in [1.29, 1.82) is 0 Å². The summed E-state index contributed by atoms with van der Waals surface area (Å²) in [6.45, 7) is 2.38. The molecule has 0 atom stereocenters. The number of carboxylic acids is 2. The summed E-state index contributed by atoms with van der Waals surface area (Å²) in [5, 5.41) is 22.0. The molecule has 6 aromatic rings. The van der Waals surface area contributed by atoms with E-state index in [0.717, 1.165) is 56.6 Å². The zero-order chi connectivity index (χ0) is 43.8. The Morgan fingerprint density at radius 2 is 0.937 bits per heavy atom. The van der Waals surface area contributed by atoms with Gasteiger partial charge in [0.25, 0.3) is 0 Å². The monoisotopic (exact) mass is 846 g/mol. The molecule has 12 heteroatoms. The number of alkyl carbamates (subject to hydrolysis) is 1. The summed E-state index contributed by atoms with van der Waals surface area (Å²) in [7, 11) is 0. The average molecular weight is 847 g/mol. The first-order valence-electron chi connectivity index (χ1n) is 21.1. The number of carbonyl (C=O) groups excluding carboxylic acids is 1. The molecule has 0 radical (unpaired) electrons. The van der Waals surface area contributed by atoms with Gasteiger partial charge in [-0.3, -0.25) is 4.79 Å². The standard InChI is InChI=1S/C33H30N2O5.C18H20N2O3/c36-31(37)33(18-20-35(21-19-33)23-14-16-25(17-15-23)40-24-8-2-1-3-9-24)34-32(38)39-22-30-28-12-6-4-10-26(28)27-11-5-7-13-29(27)30;19-18(17(21)22)10-12-20(13-11-18)14-6-8-16(9-7-14)23-15-4-2-1-3-5-15/h1-17,30H,18-22H2,(H,34,38)(H,36,37);1-9H,10-13,19H2,(H,21,22). The van der Waals surface area contributed by atoms with Gasteiger partial charge >= 0.3 is 18.0 Å². The summed E-state index contributed by atoms with van der Waals surface area (Å²) >= 11 is 0. The maximum Gasteiger partial charge on any atom is 0.408 e. The van der Waals surface area contributed by atoms with Gasteiger partial charge in [-0.1, -0.05) is 84.9 Å². The Kier molecular flexibility index (Phi) is 12.6. The highest BCUT2D eigenvalue weighted by Gasteiger charge is 2.44. The zero-order valence-corrected chi connectivity index (χ0v) is 34.8. The van der Waals surface area contributed by atoms with E-state index in [1.807, 2.05) is 133 Å². The van der Waals surface area contributed by atoms with Gasteiger partial charge in [0.05, 0.1) is 0 Å². The van der Waals surface area contributed by atoms with Gasteiger partial charge in [0.15, 0.2) is 0 Å². The van der Waals surface area contributed by atoms with Crippen LogP contribution in [-0.4, -0.2) is 72.1 Å². The number of hydrogen-bond donors (Lipinski definition) is 4. The van der Waals surface area contributed by atoms with Crippen molar-refractivity contribution in [3.05, 3.63) is 169 Å². The fourth-order valence-corrected chi connectivity index (χ4v) is 8.45. The van der Waals surface area contributed by atoms with Crippen molar-refractivity contribution in [1.82, 2.24) is 5.32 Å². The first-order chi connectivity index (χ1) is 30.6. The quantitative estimate of drug-likeness (QED) is 0.0983. The number of amides is 1. The van der Waals surface area contributed by atoms with Crippen LogP contribution in [0.4, 0.5) is 16.2 Å². The van der Waals surface area contributed by atoms with Crippen molar-refractivity contribution in [2.24, 2.45) is 5.73 Å². The molecule has 0 spiro atoms. The van der Waals surface area contributed by atoms with Crippen molar-refractivity contribution < 1.29 is 38.8 Å². The van der Waals surface area contributed by atoms with E-state index in [1.54, 1.807) is 0 Å². The van der Waals surface area contributed by atoms with E-state index >= 15 is 0 Å². The molecule has 0 saturated carbocycles. The summed E-state index contributed by atoms with van der Waals surface area (Å²) in [5.41, 5.74) is 9.96. The summed E-state index contributed by atoms with van der Waals surface area (Å²) in [6.07, 6.45) is 0.707. The van der Waals surface area contributed by atoms with E-state index in [1.165, 1.54) is 0 Å². The van der Waals surface area contributed by atoms with E-state index in [2.05, 4.69) is 39.4 Å². The molecule has 63 heavy (non-hydrogen) atoms. The van der Waals surface area contributed by atoms with Crippen LogP contribution in [0.15, 0.2) is 158 Å². The minimum atomic E-state index is -1.38. The highest BCUT2D eigenvalue weighted by Crippen LogP contribution is 2.44. The van der Waals surface area contributed by atoms with Crippen LogP contribution in [0.5, 0.6) is 23.0 Å². The van der Waals surface area contributed by atoms with Gasteiger partial charge in [-0.25, -0.2) is 9.59 Å². The molecule has 322 valence electrons. The molecule has 1 aliphatic carbocycles. The number of carboxylic acid groups (broad SMARTS) is 2. The highest BCUT2D eigenvalue weighted by atomic mass is 16.5. The Balaban J connectivity index is 0.000000201. The largest absolute Gasteiger partial charge is 0.480 e. The van der Waals surface area contributed by atoms with Crippen LogP contribution in [0.2, 0.25) is 0 Å². The Labute approximate surface area is 366 Å². The third kappa shape index (κ3) is 9.77. The number of nitrogens with two attached hydrogens (primary N) is 1. The normalized spacial score (nSPS) is 16.0. The number of anilines is 2. The van der Waals surface area contributed by atoms with Gasteiger partial charge in [-0.05, 0) is 121 Å². The van der Waals surface area contributed by atoms with Gasteiger partial charge in [0, 0.05) is 43.5 Å². The van der Waals surface area contributed by atoms with Crippen LogP contribution < -0.4 is 30.3 Å². The summed E-state index contributed by atoms with van der Waals surface area (Å²) < 4.78 is 17.3. The van der Waals surface area contributed by atoms with Crippen LogP contribution in [-0.2, 0) is 14.3 Å². The number of para-hydroxylation sites is 2. The summed E-state index contributed by atoms with van der Waals surface area (Å²) in [4.78, 5) is 40.7. The van der Waals surface area contributed by atoms with Crippen LogP contribution in [0.3, 0.4) is 0 Å². The lowest BCUT2D eigenvalue weighted by Crippen LogP contribution is -2.60. The van der Waals surface area contributed by atoms with Gasteiger partial charge in [-0.2, -0.15) is 0 Å². The molecular formula is C51H50N4O8. The lowest BCUT2D eigenvalue weighted by atomic mass is 9.87. The van der Waals surface area contributed by atoms with Crippen LogP contribution in [0.25, 0.3) is 11.1 Å². The number of nitrogens with zero attached hydrogens (tertiary/aromatic N) is 2. The third-order valence-electron chi connectivity index (χ3n) is 12.2. The fraction of sp³-hybridized carbons (Fsp3) is 0.235. The zero-order valence-electron chi connectivity index (χ0n) is 34.8. The Bertz CT molecular complexity index is 2460. The molecule has 3 aliphatic rings. The third-order valence-corrected chi connectivity index (χ3v) is 12.2. The number of aliphatic carboxylic acids is 2. The number of carbonyl (C=O) groups is 3. The molecule has 2 aliphatic heterocycles. The molecule has 2 heterocycles. The minimum absolute atomic E-state index is 0.0883. The first kappa shape index (κ1) is 42.4. The lowest BCUT2D eigenvalue weighted by Gasteiger charge is -2.40. The van der Waals surface area contributed by atoms with Gasteiger partial charge in [0.1, 0.15) is 40.7 Å². The minimum Gasteiger partial charge on any atom is -0.480 e. The predicted molar refractivity (Wildman–Crippen MR) is 242 cm³/mol. The second kappa shape index (κ2) is 18.8. The molecule has 0 bridgehead atoms. The number of rotatable bonds is 11. The van der Waals surface area contributed by atoms with E-state index in [9.17, 15) is 24.6 Å². The number of nitrogens with one attached hydrogen (secondary N) is 1. The lowest BCUT2D eigenvalue weighted by molar-refractivity contribution is -0.146. The molecule has 5 N–H and O–H groups in total. The number of piperidine rings is 2. The number of hydrogen-bond acceptors (Lipinski definition) is 9. The van der Waals surface area contributed by atoms with Crippen LogP contribution in [0, 0.1) is 0 Å². The molecule has 9 rings (SSSR count). The van der Waals surface area contributed by atoms with Gasteiger partial charge in [0.2, 0.25) is 0 Å². The number of ether oxygens (including phenoxy) is 3. The van der Waals surface area contributed by atoms with Crippen molar-refractivity contribution in [2.75, 3.05) is 42.6 Å². The second-order valence-electron chi connectivity index (χ2n) is 16.1. The molecule has 6 aromatic carbocycles. The molecule has 0 unspecified atom stereocenters. The summed E-state index contributed by atoms with van der Waals surface area (Å²) in [6, 6.07) is 50.9. The average Bonchev–Trinajstić information content (AvgIpc) is 3.63. The van der Waals surface area contributed by atoms with E-state index in [4.69, 9.17) is 19.9 Å². The Morgan fingerprint density at radius 3 is 1.37 bits per heavy atom. The van der Waals surface area contributed by atoms with Crippen molar-refractivity contribution in [3.63, 3.8) is 0 Å². The fourth-order valence-electron chi connectivity index (χ4n) is 8.45. The van der Waals surface area contributed by atoms with Gasteiger partial charge in [-0.15, -0.1) is 0 Å². The smallest absolute Gasteiger partial charge is 0.408 e.